The van der Waals surface area contributed by atoms with E-state index in [1.54, 1.807) is 0 Å². The van der Waals surface area contributed by atoms with E-state index < -0.39 is 6.23 Å². The van der Waals surface area contributed by atoms with Gasteiger partial charge in [-0.15, -0.1) is 10.2 Å². The molecule has 0 saturated carbocycles. The SMILES string of the molecule is Cc1[nH]n(-c2ccccc2)c(=O)c1C1Nc2ccccc2-c2nnc(SCc3ccccc3Cl)nc2O1. The number of hydrogen-bond donors (Lipinski definition) is 2. The lowest BCUT2D eigenvalue weighted by molar-refractivity contribution is 0.223. The molecule has 2 N–H and O–H groups in total. The monoisotopic (exact) mass is 528 g/mol. The third kappa shape index (κ3) is 4.47. The molecule has 0 fully saturated rings. The first-order valence-corrected chi connectivity index (χ1v) is 13.0. The molecule has 0 radical (unpaired) electrons. The summed E-state index contributed by atoms with van der Waals surface area (Å²) in [4.78, 5) is 18.2. The Morgan fingerprint density at radius 2 is 1.76 bits per heavy atom. The van der Waals surface area contributed by atoms with E-state index in [4.69, 9.17) is 16.3 Å². The molecule has 2 aromatic heterocycles. The van der Waals surface area contributed by atoms with Crippen LogP contribution in [0.1, 0.15) is 23.0 Å². The average molecular weight is 529 g/mol. The van der Waals surface area contributed by atoms with E-state index in [2.05, 4.69) is 25.6 Å². The van der Waals surface area contributed by atoms with Gasteiger partial charge in [0, 0.05) is 27.7 Å². The van der Waals surface area contributed by atoms with E-state index in [0.29, 0.717) is 38.8 Å². The zero-order valence-electron chi connectivity index (χ0n) is 19.7. The first kappa shape index (κ1) is 23.3. The lowest BCUT2D eigenvalue weighted by atomic mass is 10.1. The highest BCUT2D eigenvalue weighted by molar-refractivity contribution is 7.98. The topological polar surface area (TPSA) is 97.7 Å². The summed E-state index contributed by atoms with van der Waals surface area (Å²) in [5, 5.41) is 16.5. The fourth-order valence-electron chi connectivity index (χ4n) is 4.22. The number of benzene rings is 3. The fourth-order valence-corrected chi connectivity index (χ4v) is 5.29. The van der Waals surface area contributed by atoms with Gasteiger partial charge in [-0.3, -0.25) is 9.89 Å². The Labute approximate surface area is 221 Å². The van der Waals surface area contributed by atoms with Gasteiger partial charge in [0.2, 0.25) is 17.3 Å². The molecule has 0 bridgehead atoms. The van der Waals surface area contributed by atoms with Crippen LogP contribution in [0, 0.1) is 6.92 Å². The van der Waals surface area contributed by atoms with Crippen molar-refractivity contribution in [3.05, 3.63) is 111 Å². The quantitative estimate of drug-likeness (QED) is 0.279. The minimum absolute atomic E-state index is 0.211. The molecule has 37 heavy (non-hydrogen) atoms. The van der Waals surface area contributed by atoms with Gasteiger partial charge < -0.3 is 10.1 Å². The molecule has 6 rings (SSSR count). The van der Waals surface area contributed by atoms with E-state index >= 15 is 0 Å². The summed E-state index contributed by atoms with van der Waals surface area (Å²) in [6, 6.07) is 24.7. The molecule has 8 nitrogen and oxygen atoms in total. The van der Waals surface area contributed by atoms with Gasteiger partial charge in [0.1, 0.15) is 5.56 Å². The zero-order valence-corrected chi connectivity index (χ0v) is 21.3. The largest absolute Gasteiger partial charge is 0.447 e. The molecular weight excluding hydrogens is 508 g/mol. The van der Waals surface area contributed by atoms with Crippen molar-refractivity contribution in [3.8, 4) is 22.8 Å². The summed E-state index contributed by atoms with van der Waals surface area (Å²) in [5.41, 5.74) is 4.70. The van der Waals surface area contributed by atoms with Gasteiger partial charge >= 0.3 is 0 Å². The third-order valence-electron chi connectivity index (χ3n) is 6.04. The predicted molar refractivity (Wildman–Crippen MR) is 144 cm³/mol. The van der Waals surface area contributed by atoms with E-state index in [1.807, 2.05) is 85.8 Å². The smallest absolute Gasteiger partial charge is 0.280 e. The van der Waals surface area contributed by atoms with Gasteiger partial charge in [-0.25, -0.2) is 4.68 Å². The Hall–Kier alpha value is -4.08. The first-order valence-electron chi connectivity index (χ1n) is 11.6. The second kappa shape index (κ2) is 9.76. The van der Waals surface area contributed by atoms with Gasteiger partial charge in [0.15, 0.2) is 5.69 Å². The lowest BCUT2D eigenvalue weighted by Crippen LogP contribution is -2.26. The predicted octanol–water partition coefficient (Wildman–Crippen LogP) is 5.77. The van der Waals surface area contributed by atoms with Crippen LogP contribution in [0.5, 0.6) is 5.88 Å². The number of fused-ring (bicyclic) bond motifs is 3. The van der Waals surface area contributed by atoms with E-state index in [-0.39, 0.29) is 5.56 Å². The summed E-state index contributed by atoms with van der Waals surface area (Å²) in [7, 11) is 0. The van der Waals surface area contributed by atoms with Crippen LogP contribution in [-0.2, 0) is 5.75 Å². The van der Waals surface area contributed by atoms with Gasteiger partial charge in [-0.1, -0.05) is 78.0 Å². The number of para-hydroxylation sites is 2. The van der Waals surface area contributed by atoms with Crippen LogP contribution in [-0.4, -0.2) is 25.0 Å². The number of aromatic amines is 1. The van der Waals surface area contributed by atoms with Crippen molar-refractivity contribution in [1.29, 1.82) is 0 Å². The Balaban J connectivity index is 1.39. The number of halogens is 1. The fraction of sp³-hybridized carbons (Fsp3) is 0.111. The van der Waals surface area contributed by atoms with Crippen LogP contribution in [0.2, 0.25) is 5.02 Å². The number of H-pyrrole nitrogens is 1. The van der Waals surface area contributed by atoms with Crippen LogP contribution in [0.3, 0.4) is 0 Å². The Kier molecular flexibility index (Phi) is 6.15. The summed E-state index contributed by atoms with van der Waals surface area (Å²) < 4.78 is 7.87. The molecule has 1 aliphatic heterocycles. The van der Waals surface area contributed by atoms with E-state index in [0.717, 1.165) is 22.5 Å². The molecule has 5 aromatic rings. The van der Waals surface area contributed by atoms with Gasteiger partial charge in [-0.2, -0.15) is 4.98 Å². The highest BCUT2D eigenvalue weighted by atomic mass is 35.5. The molecule has 1 unspecified atom stereocenters. The molecule has 1 atom stereocenters. The number of rotatable bonds is 5. The van der Waals surface area contributed by atoms with Crippen LogP contribution in [0.25, 0.3) is 16.9 Å². The Morgan fingerprint density at radius 3 is 2.59 bits per heavy atom. The van der Waals surface area contributed by atoms with Crippen molar-refractivity contribution in [1.82, 2.24) is 25.0 Å². The zero-order chi connectivity index (χ0) is 25.4. The number of anilines is 1. The second-order valence-electron chi connectivity index (χ2n) is 8.44. The maximum atomic E-state index is 13.5. The molecule has 0 aliphatic carbocycles. The molecule has 3 aromatic carbocycles. The summed E-state index contributed by atoms with van der Waals surface area (Å²) in [5.74, 6) is 0.877. The maximum Gasteiger partial charge on any atom is 0.280 e. The average Bonchev–Trinajstić information content (AvgIpc) is 3.12. The minimum atomic E-state index is -0.797. The van der Waals surface area contributed by atoms with Crippen molar-refractivity contribution >= 4 is 29.1 Å². The summed E-state index contributed by atoms with van der Waals surface area (Å²) in [6.45, 7) is 1.85. The number of thioether (sulfide) groups is 1. The van der Waals surface area contributed by atoms with Gasteiger partial charge in [0.25, 0.3) is 5.56 Å². The molecule has 3 heterocycles. The van der Waals surface area contributed by atoms with Crippen molar-refractivity contribution < 1.29 is 4.74 Å². The number of aromatic nitrogens is 5. The molecule has 10 heteroatoms. The van der Waals surface area contributed by atoms with Crippen LogP contribution in [0.15, 0.2) is 88.8 Å². The molecule has 0 amide bonds. The second-order valence-corrected chi connectivity index (χ2v) is 9.79. The van der Waals surface area contributed by atoms with Crippen LogP contribution >= 0.6 is 23.4 Å². The normalized spacial score (nSPS) is 14.2. The molecule has 0 spiro atoms. The standard InChI is InChI=1S/C27H21ClN6O2S/c1-16-22(26(35)34(33-16)18-10-3-2-4-11-18)24-29-21-14-8-6-12-19(21)23-25(36-24)30-27(32-31-23)37-15-17-9-5-7-13-20(17)28/h2-14,24,29,33H,15H2,1H3. The van der Waals surface area contributed by atoms with E-state index in [9.17, 15) is 4.79 Å². The van der Waals surface area contributed by atoms with Crippen molar-refractivity contribution in [2.45, 2.75) is 24.1 Å². The Bertz CT molecular complexity index is 1650. The minimum Gasteiger partial charge on any atom is -0.447 e. The highest BCUT2D eigenvalue weighted by Crippen LogP contribution is 2.39. The van der Waals surface area contributed by atoms with Crippen LogP contribution < -0.4 is 15.6 Å². The number of ether oxygens (including phenoxy) is 1. The molecule has 1 aliphatic rings. The van der Waals surface area contributed by atoms with Gasteiger partial charge in [-0.05, 0) is 36.8 Å². The first-order chi connectivity index (χ1) is 18.1. The Morgan fingerprint density at radius 1 is 1.00 bits per heavy atom. The van der Waals surface area contributed by atoms with E-state index in [1.165, 1.54) is 16.4 Å². The summed E-state index contributed by atoms with van der Waals surface area (Å²) >= 11 is 7.72. The maximum absolute atomic E-state index is 13.5. The van der Waals surface area contributed by atoms with Crippen molar-refractivity contribution in [2.24, 2.45) is 0 Å². The molecule has 0 saturated heterocycles. The van der Waals surface area contributed by atoms with Gasteiger partial charge in [0.05, 0.1) is 5.69 Å². The highest BCUT2D eigenvalue weighted by Gasteiger charge is 2.30. The van der Waals surface area contributed by atoms with Crippen molar-refractivity contribution in [2.75, 3.05) is 5.32 Å². The van der Waals surface area contributed by atoms with Crippen LogP contribution in [0.4, 0.5) is 5.69 Å². The number of nitrogens with zero attached hydrogens (tertiary/aromatic N) is 4. The lowest BCUT2D eigenvalue weighted by Gasteiger charge is -2.18. The number of aryl methyl sites for hydroxylation is 1. The van der Waals surface area contributed by atoms with Crippen molar-refractivity contribution in [3.63, 3.8) is 0 Å². The summed E-state index contributed by atoms with van der Waals surface area (Å²) in [6.07, 6.45) is -0.797. The third-order valence-corrected chi connectivity index (χ3v) is 7.30. The number of hydrogen-bond acceptors (Lipinski definition) is 7. The number of nitrogens with one attached hydrogen (secondary N) is 2. The molecule has 184 valence electrons. The molecular formula is C27H21ClN6O2S.